The van der Waals surface area contributed by atoms with Crippen LogP contribution in [-0.2, 0) is 0 Å². The smallest absolute Gasteiger partial charge is 0.257 e. The fraction of sp³-hybridized carbons (Fsp3) is 0.0741. The number of thiocarbonyl (C=S) groups is 1. The van der Waals surface area contributed by atoms with Crippen molar-refractivity contribution in [3.63, 3.8) is 0 Å². The Balaban J connectivity index is 1.31. The second-order valence-electron chi connectivity index (χ2n) is 7.60. The third kappa shape index (κ3) is 4.46. The van der Waals surface area contributed by atoms with Crippen molar-refractivity contribution in [3.8, 4) is 17.2 Å². The van der Waals surface area contributed by atoms with Crippen molar-refractivity contribution in [3.05, 3.63) is 90.5 Å². The summed E-state index contributed by atoms with van der Waals surface area (Å²) >= 11 is 5.34. The maximum absolute atomic E-state index is 12.5. The minimum Gasteiger partial charge on any atom is -0.494 e. The number of nitrogens with one attached hydrogen (secondary N) is 2. The monoisotopic (exact) mass is 467 g/mol. The Labute approximate surface area is 201 Å². The molecule has 168 valence electrons. The van der Waals surface area contributed by atoms with Crippen LogP contribution in [0.4, 0.5) is 5.69 Å². The van der Waals surface area contributed by atoms with Gasteiger partial charge in [0.2, 0.25) is 5.89 Å². The highest BCUT2D eigenvalue weighted by molar-refractivity contribution is 7.80. The summed E-state index contributed by atoms with van der Waals surface area (Å²) in [4.78, 5) is 17.2. The summed E-state index contributed by atoms with van der Waals surface area (Å²) in [7, 11) is 0. The molecule has 34 heavy (non-hydrogen) atoms. The van der Waals surface area contributed by atoms with Crippen molar-refractivity contribution in [2.45, 2.75) is 6.92 Å². The van der Waals surface area contributed by atoms with Gasteiger partial charge in [-0.2, -0.15) is 0 Å². The third-order valence-electron chi connectivity index (χ3n) is 5.31. The lowest BCUT2D eigenvalue weighted by molar-refractivity contribution is 0.0977. The minimum absolute atomic E-state index is 0.194. The Kier molecular flexibility index (Phi) is 5.93. The van der Waals surface area contributed by atoms with E-state index in [0.29, 0.717) is 29.5 Å². The van der Waals surface area contributed by atoms with Gasteiger partial charge in [-0.1, -0.05) is 36.4 Å². The van der Waals surface area contributed by atoms with E-state index in [0.717, 1.165) is 27.4 Å². The first-order chi connectivity index (χ1) is 16.6. The SMILES string of the molecule is CCOc1ccc(C(=O)NC(=S)Nc2cccc(-c3nc4c(ccc5ccccc54)o3)c2)cc1. The van der Waals surface area contributed by atoms with Crippen LogP contribution in [0.25, 0.3) is 33.3 Å². The van der Waals surface area contributed by atoms with Gasteiger partial charge in [0.15, 0.2) is 10.7 Å². The van der Waals surface area contributed by atoms with E-state index < -0.39 is 0 Å². The molecule has 6 nitrogen and oxygen atoms in total. The molecule has 1 heterocycles. The molecule has 0 aliphatic heterocycles. The molecule has 0 aliphatic rings. The lowest BCUT2D eigenvalue weighted by atomic mass is 10.1. The molecule has 0 unspecified atom stereocenters. The van der Waals surface area contributed by atoms with Crippen LogP contribution in [-0.4, -0.2) is 22.6 Å². The van der Waals surface area contributed by atoms with Crippen LogP contribution < -0.4 is 15.4 Å². The zero-order valence-corrected chi connectivity index (χ0v) is 19.2. The van der Waals surface area contributed by atoms with E-state index in [-0.39, 0.29) is 11.0 Å². The molecule has 0 atom stereocenters. The van der Waals surface area contributed by atoms with Crippen molar-refractivity contribution in [2.24, 2.45) is 0 Å². The molecule has 0 fully saturated rings. The van der Waals surface area contributed by atoms with Crippen molar-refractivity contribution in [2.75, 3.05) is 11.9 Å². The summed E-state index contributed by atoms with van der Waals surface area (Å²) in [6.45, 7) is 2.48. The zero-order chi connectivity index (χ0) is 23.5. The number of fused-ring (bicyclic) bond motifs is 3. The first-order valence-corrected chi connectivity index (χ1v) is 11.3. The first-order valence-electron chi connectivity index (χ1n) is 10.8. The number of hydrogen-bond acceptors (Lipinski definition) is 5. The van der Waals surface area contributed by atoms with Gasteiger partial charge in [0.05, 0.1) is 6.61 Å². The number of anilines is 1. The van der Waals surface area contributed by atoms with Gasteiger partial charge < -0.3 is 14.5 Å². The Morgan fingerprint density at radius 2 is 1.82 bits per heavy atom. The van der Waals surface area contributed by atoms with E-state index in [2.05, 4.69) is 16.7 Å². The highest BCUT2D eigenvalue weighted by Gasteiger charge is 2.13. The molecule has 5 rings (SSSR count). The predicted molar refractivity (Wildman–Crippen MR) is 138 cm³/mol. The van der Waals surface area contributed by atoms with Gasteiger partial charge in [0.1, 0.15) is 11.3 Å². The van der Waals surface area contributed by atoms with E-state index in [9.17, 15) is 4.79 Å². The predicted octanol–water partition coefficient (Wildman–Crippen LogP) is 6.17. The van der Waals surface area contributed by atoms with Gasteiger partial charge in [0.25, 0.3) is 5.91 Å². The molecular weight excluding hydrogens is 446 g/mol. The number of hydrogen-bond donors (Lipinski definition) is 2. The minimum atomic E-state index is -0.303. The normalized spacial score (nSPS) is 10.9. The lowest BCUT2D eigenvalue weighted by Gasteiger charge is -2.10. The Morgan fingerprint density at radius 3 is 2.65 bits per heavy atom. The number of aromatic nitrogens is 1. The summed E-state index contributed by atoms with van der Waals surface area (Å²) in [5.41, 5.74) is 3.54. The molecule has 7 heteroatoms. The van der Waals surface area contributed by atoms with Crippen molar-refractivity contribution in [1.29, 1.82) is 0 Å². The van der Waals surface area contributed by atoms with Gasteiger partial charge in [-0.05, 0) is 73.1 Å². The first kappa shape index (κ1) is 21.6. The average molecular weight is 468 g/mol. The van der Waals surface area contributed by atoms with Crippen LogP contribution in [0.2, 0.25) is 0 Å². The molecule has 0 saturated heterocycles. The second kappa shape index (κ2) is 9.33. The van der Waals surface area contributed by atoms with Crippen molar-refractivity contribution in [1.82, 2.24) is 10.3 Å². The van der Waals surface area contributed by atoms with Crippen LogP contribution >= 0.6 is 12.2 Å². The molecule has 0 saturated carbocycles. The topological polar surface area (TPSA) is 76.4 Å². The quantitative estimate of drug-likeness (QED) is 0.301. The van der Waals surface area contributed by atoms with Crippen LogP contribution in [0.3, 0.4) is 0 Å². The van der Waals surface area contributed by atoms with Gasteiger partial charge in [-0.25, -0.2) is 4.98 Å². The molecule has 2 N–H and O–H groups in total. The highest BCUT2D eigenvalue weighted by Crippen LogP contribution is 2.30. The van der Waals surface area contributed by atoms with E-state index in [1.54, 1.807) is 24.3 Å². The molecule has 0 bridgehead atoms. The number of carbonyl (C=O) groups excluding carboxylic acids is 1. The number of amides is 1. The number of oxazole rings is 1. The molecule has 4 aromatic carbocycles. The number of ether oxygens (including phenoxy) is 1. The van der Waals surface area contributed by atoms with Crippen LogP contribution in [0.1, 0.15) is 17.3 Å². The van der Waals surface area contributed by atoms with E-state index in [1.807, 2.05) is 61.5 Å². The molecule has 0 radical (unpaired) electrons. The Bertz CT molecular complexity index is 1510. The van der Waals surface area contributed by atoms with Crippen molar-refractivity contribution < 1.29 is 13.9 Å². The maximum Gasteiger partial charge on any atom is 0.257 e. The van der Waals surface area contributed by atoms with Crippen LogP contribution in [0.5, 0.6) is 5.75 Å². The third-order valence-corrected chi connectivity index (χ3v) is 5.51. The fourth-order valence-corrected chi connectivity index (χ4v) is 3.93. The van der Waals surface area contributed by atoms with E-state index >= 15 is 0 Å². The highest BCUT2D eigenvalue weighted by atomic mass is 32.1. The van der Waals surface area contributed by atoms with Gasteiger partial charge in [0, 0.05) is 22.2 Å². The number of benzene rings is 4. The average Bonchev–Trinajstić information content (AvgIpc) is 3.30. The van der Waals surface area contributed by atoms with Crippen molar-refractivity contribution >= 4 is 50.8 Å². The summed E-state index contributed by atoms with van der Waals surface area (Å²) in [6, 6.07) is 26.5. The largest absolute Gasteiger partial charge is 0.494 e. The zero-order valence-electron chi connectivity index (χ0n) is 18.4. The second-order valence-corrected chi connectivity index (χ2v) is 8.01. The maximum atomic E-state index is 12.5. The number of rotatable bonds is 5. The van der Waals surface area contributed by atoms with Gasteiger partial charge in [-0.3, -0.25) is 10.1 Å². The van der Waals surface area contributed by atoms with E-state index in [1.165, 1.54) is 0 Å². The van der Waals surface area contributed by atoms with Crippen LogP contribution in [0, 0.1) is 0 Å². The summed E-state index contributed by atoms with van der Waals surface area (Å²) in [5.74, 6) is 0.922. The van der Waals surface area contributed by atoms with Crippen LogP contribution in [0.15, 0.2) is 89.3 Å². The Hall–Kier alpha value is -4.23. The molecule has 0 spiro atoms. The molecular formula is C27H21N3O3S. The van der Waals surface area contributed by atoms with Gasteiger partial charge >= 0.3 is 0 Å². The molecule has 0 aliphatic carbocycles. The molecule has 5 aromatic rings. The number of carbonyl (C=O) groups is 1. The Morgan fingerprint density at radius 1 is 1.00 bits per heavy atom. The molecule has 1 aromatic heterocycles. The van der Waals surface area contributed by atoms with E-state index in [4.69, 9.17) is 26.4 Å². The summed E-state index contributed by atoms with van der Waals surface area (Å²) in [6.07, 6.45) is 0. The fourth-order valence-electron chi connectivity index (χ4n) is 3.72. The standard InChI is InChI=1S/C27H21N3O3S/c1-2-32-21-13-10-18(11-14-21)25(31)30-27(34)28-20-8-5-7-19(16-20)26-29-24-22-9-4-3-6-17(22)12-15-23(24)33-26/h3-16H,2H2,1H3,(H2,28,30,31,34). The summed E-state index contributed by atoms with van der Waals surface area (Å²) < 4.78 is 11.4. The number of nitrogens with zero attached hydrogens (tertiary/aromatic N) is 1. The molecule has 1 amide bonds. The lowest BCUT2D eigenvalue weighted by Crippen LogP contribution is -2.34. The summed E-state index contributed by atoms with van der Waals surface area (Å²) in [5, 5.41) is 8.10. The van der Waals surface area contributed by atoms with Gasteiger partial charge in [-0.15, -0.1) is 0 Å².